The third-order valence-electron chi connectivity index (χ3n) is 2.81. The molecule has 0 aliphatic heterocycles. The Balaban J connectivity index is 2.27. The zero-order valence-corrected chi connectivity index (χ0v) is 13.6. The van der Waals surface area contributed by atoms with Crippen LogP contribution in [-0.2, 0) is 4.79 Å². The molecule has 5 heteroatoms. The predicted molar refractivity (Wildman–Crippen MR) is 91.5 cm³/mol. The van der Waals surface area contributed by atoms with Crippen LogP contribution in [0.2, 0.25) is 0 Å². The van der Waals surface area contributed by atoms with Crippen LogP contribution in [0.3, 0.4) is 0 Å². The predicted octanol–water partition coefficient (Wildman–Crippen LogP) is 2.55. The highest BCUT2D eigenvalue weighted by Crippen LogP contribution is 2.04. The minimum absolute atomic E-state index is 0.247. The molecule has 1 amide bonds. The first-order valence-electron chi connectivity index (χ1n) is 7.06. The van der Waals surface area contributed by atoms with Crippen LogP contribution in [0.25, 0.3) is 6.08 Å². The Morgan fingerprint density at radius 2 is 1.90 bits per heavy atom. The molecule has 1 aromatic rings. The monoisotopic (exact) mass is 305 g/mol. The summed E-state index contributed by atoms with van der Waals surface area (Å²) >= 11 is 5.06. The van der Waals surface area contributed by atoms with Gasteiger partial charge in [0.05, 0.1) is 0 Å². The topological polar surface area (TPSA) is 53.2 Å². The van der Waals surface area contributed by atoms with Crippen molar-refractivity contribution in [3.05, 3.63) is 41.5 Å². The number of hydrogen-bond acceptors (Lipinski definition) is 2. The van der Waals surface area contributed by atoms with Gasteiger partial charge in [0.1, 0.15) is 0 Å². The summed E-state index contributed by atoms with van der Waals surface area (Å²) in [6.07, 6.45) is 4.25. The molecule has 0 radical (unpaired) electrons. The molecule has 0 bridgehead atoms. The zero-order valence-electron chi connectivity index (χ0n) is 12.8. The Morgan fingerprint density at radius 3 is 2.52 bits per heavy atom. The normalized spacial score (nSPS) is 10.7. The molecule has 0 heterocycles. The number of nitrogens with one attached hydrogen (secondary N) is 3. The van der Waals surface area contributed by atoms with Gasteiger partial charge < -0.3 is 5.32 Å². The molecule has 0 saturated heterocycles. The van der Waals surface area contributed by atoms with Crippen LogP contribution in [0.5, 0.6) is 0 Å². The lowest BCUT2D eigenvalue weighted by Gasteiger charge is -2.11. The molecule has 0 spiro atoms. The number of carbonyl (C=O) groups is 1. The maximum Gasteiger partial charge on any atom is 0.262 e. The molecule has 4 nitrogen and oxygen atoms in total. The van der Waals surface area contributed by atoms with Gasteiger partial charge in [-0.1, -0.05) is 43.7 Å². The van der Waals surface area contributed by atoms with E-state index in [9.17, 15) is 4.79 Å². The van der Waals surface area contributed by atoms with Gasteiger partial charge in [0, 0.05) is 12.6 Å². The first-order chi connectivity index (χ1) is 9.97. The van der Waals surface area contributed by atoms with E-state index < -0.39 is 0 Å². The summed E-state index contributed by atoms with van der Waals surface area (Å²) in [4.78, 5) is 11.6. The van der Waals surface area contributed by atoms with Gasteiger partial charge in [-0.05, 0) is 43.1 Å². The molecule has 0 unspecified atom stereocenters. The number of hydrogen-bond donors (Lipinski definition) is 3. The second-order valence-electron chi connectivity index (χ2n) is 5.30. The number of amides is 1. The highest BCUT2D eigenvalue weighted by molar-refractivity contribution is 7.80. The van der Waals surface area contributed by atoms with Crippen molar-refractivity contribution in [3.8, 4) is 0 Å². The molecule has 0 atom stereocenters. The summed E-state index contributed by atoms with van der Waals surface area (Å²) in [6, 6.07) is 7.93. The smallest absolute Gasteiger partial charge is 0.262 e. The Bertz CT molecular complexity index is 495. The molecule has 0 fully saturated rings. The van der Waals surface area contributed by atoms with E-state index in [1.165, 1.54) is 11.6 Å². The fraction of sp³-hybridized carbons (Fsp3) is 0.375. The van der Waals surface area contributed by atoms with Crippen molar-refractivity contribution in [3.63, 3.8) is 0 Å². The summed E-state index contributed by atoms with van der Waals surface area (Å²) in [5.74, 6) is 0.371. The first-order valence-corrected chi connectivity index (χ1v) is 7.47. The number of benzene rings is 1. The molecular weight excluding hydrogens is 282 g/mol. The summed E-state index contributed by atoms with van der Waals surface area (Å²) < 4.78 is 0. The van der Waals surface area contributed by atoms with E-state index in [1.54, 1.807) is 6.08 Å². The van der Waals surface area contributed by atoms with Crippen LogP contribution in [-0.4, -0.2) is 17.6 Å². The van der Waals surface area contributed by atoms with Gasteiger partial charge in [-0.15, -0.1) is 0 Å². The number of thiocarbonyl (C=S) groups is 1. The third-order valence-corrected chi connectivity index (χ3v) is 3.06. The minimum atomic E-state index is -0.247. The van der Waals surface area contributed by atoms with Crippen molar-refractivity contribution in [2.45, 2.75) is 27.2 Å². The average Bonchev–Trinajstić information content (AvgIpc) is 2.44. The quantitative estimate of drug-likeness (QED) is 0.444. The molecular formula is C16H23N3OS. The molecule has 0 aliphatic rings. The minimum Gasteiger partial charge on any atom is -0.361 e. The Hall–Kier alpha value is -1.88. The van der Waals surface area contributed by atoms with E-state index in [-0.39, 0.29) is 5.91 Å². The van der Waals surface area contributed by atoms with Crippen LogP contribution in [0.1, 0.15) is 31.4 Å². The van der Waals surface area contributed by atoms with Crippen LogP contribution in [0.15, 0.2) is 30.3 Å². The van der Waals surface area contributed by atoms with Gasteiger partial charge in [0.15, 0.2) is 5.11 Å². The van der Waals surface area contributed by atoms with E-state index in [1.807, 2.05) is 31.2 Å². The Labute approximate surface area is 132 Å². The van der Waals surface area contributed by atoms with Crippen LogP contribution in [0, 0.1) is 12.8 Å². The van der Waals surface area contributed by atoms with E-state index in [0.29, 0.717) is 11.0 Å². The highest BCUT2D eigenvalue weighted by Gasteiger charge is 1.99. The van der Waals surface area contributed by atoms with Crippen molar-refractivity contribution < 1.29 is 4.79 Å². The van der Waals surface area contributed by atoms with E-state index in [2.05, 4.69) is 30.0 Å². The van der Waals surface area contributed by atoms with Crippen molar-refractivity contribution in [1.29, 1.82) is 0 Å². The second kappa shape index (κ2) is 9.13. The van der Waals surface area contributed by atoms with E-state index in [0.717, 1.165) is 18.5 Å². The molecule has 1 aromatic carbocycles. The molecule has 0 aromatic heterocycles. The summed E-state index contributed by atoms with van der Waals surface area (Å²) in [6.45, 7) is 7.11. The average molecular weight is 305 g/mol. The number of hydrazine groups is 1. The number of aryl methyl sites for hydroxylation is 1. The van der Waals surface area contributed by atoms with Gasteiger partial charge in [0.2, 0.25) is 0 Å². The summed E-state index contributed by atoms with van der Waals surface area (Å²) in [5.41, 5.74) is 7.36. The van der Waals surface area contributed by atoms with Gasteiger partial charge in [-0.25, -0.2) is 0 Å². The standard InChI is InChI=1S/C16H23N3OS/c1-12(2)10-11-17-16(21)19-18-15(20)9-8-14-6-4-13(3)5-7-14/h4-9,12H,10-11H2,1-3H3,(H,18,20)(H2,17,19,21)/b9-8+. The zero-order chi connectivity index (χ0) is 15.7. The molecule has 114 valence electrons. The molecule has 21 heavy (non-hydrogen) atoms. The second-order valence-corrected chi connectivity index (χ2v) is 5.70. The van der Waals surface area contributed by atoms with Crippen molar-refractivity contribution in [2.75, 3.05) is 6.54 Å². The fourth-order valence-electron chi connectivity index (χ4n) is 1.53. The lowest BCUT2D eigenvalue weighted by Crippen LogP contribution is -2.46. The number of rotatable bonds is 5. The maximum atomic E-state index is 11.6. The maximum absolute atomic E-state index is 11.6. The Kier molecular flexibility index (Phi) is 7.46. The summed E-state index contributed by atoms with van der Waals surface area (Å²) in [5, 5.41) is 3.45. The third kappa shape index (κ3) is 8.09. The van der Waals surface area contributed by atoms with E-state index in [4.69, 9.17) is 12.2 Å². The van der Waals surface area contributed by atoms with Crippen molar-refractivity contribution in [2.24, 2.45) is 5.92 Å². The van der Waals surface area contributed by atoms with Crippen LogP contribution < -0.4 is 16.2 Å². The lowest BCUT2D eigenvalue weighted by atomic mass is 10.1. The molecule has 0 saturated carbocycles. The van der Waals surface area contributed by atoms with Crippen LogP contribution in [0.4, 0.5) is 0 Å². The number of carbonyl (C=O) groups excluding carboxylic acids is 1. The van der Waals surface area contributed by atoms with Gasteiger partial charge in [-0.3, -0.25) is 15.6 Å². The van der Waals surface area contributed by atoms with Gasteiger partial charge in [0.25, 0.3) is 5.91 Å². The summed E-state index contributed by atoms with van der Waals surface area (Å²) in [7, 11) is 0. The SMILES string of the molecule is Cc1ccc(/C=C/C(=O)NNC(=S)NCCC(C)C)cc1. The Morgan fingerprint density at radius 1 is 1.24 bits per heavy atom. The largest absolute Gasteiger partial charge is 0.361 e. The van der Waals surface area contributed by atoms with Gasteiger partial charge >= 0.3 is 0 Å². The molecule has 3 N–H and O–H groups in total. The highest BCUT2D eigenvalue weighted by atomic mass is 32.1. The lowest BCUT2D eigenvalue weighted by molar-refractivity contribution is -0.116. The van der Waals surface area contributed by atoms with Crippen molar-refractivity contribution >= 4 is 29.3 Å². The van der Waals surface area contributed by atoms with E-state index >= 15 is 0 Å². The molecule has 0 aliphatic carbocycles. The van der Waals surface area contributed by atoms with Crippen LogP contribution >= 0.6 is 12.2 Å². The van der Waals surface area contributed by atoms with Gasteiger partial charge in [-0.2, -0.15) is 0 Å². The fourth-order valence-corrected chi connectivity index (χ4v) is 1.68. The van der Waals surface area contributed by atoms with Crippen molar-refractivity contribution in [1.82, 2.24) is 16.2 Å². The molecule has 1 rings (SSSR count). The first kappa shape index (κ1) is 17.2.